The lowest BCUT2D eigenvalue weighted by Gasteiger charge is -2.41. The fraction of sp³-hybridized carbons (Fsp3) is 0.133. The van der Waals surface area contributed by atoms with Gasteiger partial charge in [-0.25, -0.2) is 0 Å². The number of rotatable bonds is 6. The van der Waals surface area contributed by atoms with Gasteiger partial charge >= 0.3 is 0 Å². The summed E-state index contributed by atoms with van der Waals surface area (Å²) in [6.07, 6.45) is 0. The third-order valence-electron chi connectivity index (χ3n) is 7.28. The molecule has 0 fully saturated rings. The summed E-state index contributed by atoms with van der Waals surface area (Å²) in [5.74, 6) is -0.888. The van der Waals surface area contributed by atoms with Crippen LogP contribution in [0.2, 0.25) is 0 Å². The van der Waals surface area contributed by atoms with Gasteiger partial charge in [-0.1, -0.05) is 83.9 Å². The highest BCUT2D eigenvalue weighted by atomic mass is 32.2. The minimum absolute atomic E-state index is 0.0720. The summed E-state index contributed by atoms with van der Waals surface area (Å²) in [7, 11) is -7.99. The summed E-state index contributed by atoms with van der Waals surface area (Å²) in [4.78, 5) is 4.90. The molecule has 7 rings (SSSR count). The van der Waals surface area contributed by atoms with E-state index >= 15 is 0 Å². The number of benzene rings is 4. The number of fused-ring (bicyclic) bond motifs is 1. The van der Waals surface area contributed by atoms with Crippen LogP contribution in [-0.4, -0.2) is 28.3 Å². The maximum Gasteiger partial charge on any atom is 0.276 e. The molecule has 0 aromatic heterocycles. The number of sulfonamides is 2. The zero-order valence-electron chi connectivity index (χ0n) is 21.7. The van der Waals surface area contributed by atoms with Gasteiger partial charge < -0.3 is 0 Å². The van der Waals surface area contributed by atoms with Crippen molar-refractivity contribution in [1.82, 2.24) is 9.66 Å². The van der Waals surface area contributed by atoms with Crippen molar-refractivity contribution >= 4 is 31.5 Å². The minimum atomic E-state index is -3.99. The lowest BCUT2D eigenvalue weighted by Crippen LogP contribution is -2.43. The van der Waals surface area contributed by atoms with Crippen molar-refractivity contribution < 1.29 is 16.8 Å². The second-order valence-corrected chi connectivity index (χ2v) is 13.3. The molecule has 0 aliphatic heterocycles. The van der Waals surface area contributed by atoms with Crippen LogP contribution >= 0.6 is 0 Å². The first-order valence-corrected chi connectivity index (χ1v) is 15.6. The van der Waals surface area contributed by atoms with E-state index in [1.165, 1.54) is 24.3 Å². The molecule has 2 N–H and O–H groups in total. The highest BCUT2D eigenvalue weighted by molar-refractivity contribution is 7.89. The Hall–Kier alpha value is -4.28. The standard InChI is InChI=1S/C30H26N4O4S2/c1-19-11-15-21(16-12-19)39(35,36)33-31-29-27-23-7-3-5-9-25(23)28(26-10-6-4-8-24(26)27)30(29)32-34-40(37,38)22-17-13-20(2)14-18-22/h3-18,27-28,33-34H,1-2H3/b31-29-,32-30-. The molecule has 3 aliphatic rings. The van der Waals surface area contributed by atoms with Crippen LogP contribution in [0.1, 0.15) is 45.2 Å². The molecule has 3 aliphatic carbocycles. The lowest BCUT2D eigenvalue weighted by atomic mass is 9.62. The van der Waals surface area contributed by atoms with E-state index in [4.69, 9.17) is 0 Å². The van der Waals surface area contributed by atoms with Gasteiger partial charge in [-0.3, -0.25) is 0 Å². The van der Waals surface area contributed by atoms with E-state index < -0.39 is 31.9 Å². The maximum absolute atomic E-state index is 13.2. The number of aryl methyl sites for hydroxylation is 2. The Balaban J connectivity index is 1.49. The first-order valence-electron chi connectivity index (χ1n) is 12.7. The average molecular weight is 571 g/mol. The van der Waals surface area contributed by atoms with Crippen molar-refractivity contribution in [2.75, 3.05) is 0 Å². The number of hydrogen-bond acceptors (Lipinski definition) is 6. The Bertz CT molecular complexity index is 1710. The molecule has 4 aromatic rings. The molecule has 0 radical (unpaired) electrons. The second-order valence-electron chi connectivity index (χ2n) is 9.93. The Morgan fingerprint density at radius 2 is 0.800 bits per heavy atom. The molecule has 202 valence electrons. The molecule has 0 amide bonds. The van der Waals surface area contributed by atoms with Gasteiger partial charge in [0.1, 0.15) is 0 Å². The average Bonchev–Trinajstić information content (AvgIpc) is 2.95. The molecule has 0 unspecified atom stereocenters. The Labute approximate surface area is 233 Å². The molecular weight excluding hydrogens is 544 g/mol. The van der Waals surface area contributed by atoms with Crippen molar-refractivity contribution in [1.29, 1.82) is 0 Å². The summed E-state index contributed by atoms with van der Waals surface area (Å²) in [5, 5.41) is 8.83. The molecule has 0 saturated carbocycles. The molecule has 10 heteroatoms. The lowest BCUT2D eigenvalue weighted by molar-refractivity contribution is 0.582. The fourth-order valence-corrected chi connectivity index (χ4v) is 6.93. The van der Waals surface area contributed by atoms with E-state index in [0.717, 1.165) is 33.4 Å². The van der Waals surface area contributed by atoms with Crippen LogP contribution < -0.4 is 9.66 Å². The zero-order chi connectivity index (χ0) is 28.1. The molecule has 8 nitrogen and oxygen atoms in total. The predicted octanol–water partition coefficient (Wildman–Crippen LogP) is 4.56. The van der Waals surface area contributed by atoms with Crippen LogP contribution in [0, 0.1) is 13.8 Å². The molecular formula is C30H26N4O4S2. The predicted molar refractivity (Wildman–Crippen MR) is 154 cm³/mol. The normalized spacial score (nSPS) is 19.8. The first-order chi connectivity index (χ1) is 19.2. The van der Waals surface area contributed by atoms with Gasteiger partial charge in [0, 0.05) is 0 Å². The van der Waals surface area contributed by atoms with Crippen LogP contribution in [0.25, 0.3) is 0 Å². The van der Waals surface area contributed by atoms with Gasteiger partial charge in [-0.05, 0) is 60.4 Å². The van der Waals surface area contributed by atoms with Crippen molar-refractivity contribution in [2.45, 2.75) is 35.5 Å². The molecule has 0 spiro atoms. The van der Waals surface area contributed by atoms with Crippen LogP contribution in [0.15, 0.2) is 117 Å². The van der Waals surface area contributed by atoms with Crippen molar-refractivity contribution in [2.24, 2.45) is 10.2 Å². The highest BCUT2D eigenvalue weighted by Crippen LogP contribution is 2.50. The SMILES string of the molecule is Cc1ccc(S(=O)(=O)N/N=C2\C(=N/NS(=O)(=O)c3ccc(C)cc3)C3c4ccccc4C2c2ccccc23)cc1. The summed E-state index contributed by atoms with van der Waals surface area (Å²) < 4.78 is 52.6. The third kappa shape index (κ3) is 4.48. The minimum Gasteiger partial charge on any atom is -0.200 e. The third-order valence-corrected chi connectivity index (χ3v) is 9.73. The largest absolute Gasteiger partial charge is 0.276 e. The van der Waals surface area contributed by atoms with Crippen LogP contribution in [0.3, 0.4) is 0 Å². The summed E-state index contributed by atoms with van der Waals surface area (Å²) in [6, 6.07) is 28.5. The van der Waals surface area contributed by atoms with Crippen molar-refractivity contribution in [3.63, 3.8) is 0 Å². The molecule has 40 heavy (non-hydrogen) atoms. The van der Waals surface area contributed by atoms with E-state index in [0.29, 0.717) is 11.4 Å². The van der Waals surface area contributed by atoms with Crippen molar-refractivity contribution in [3.05, 3.63) is 130 Å². The summed E-state index contributed by atoms with van der Waals surface area (Å²) >= 11 is 0. The zero-order valence-corrected chi connectivity index (χ0v) is 23.4. The van der Waals surface area contributed by atoms with Gasteiger partial charge in [0.15, 0.2) is 0 Å². The molecule has 0 saturated heterocycles. The number of hydrazone groups is 2. The molecule has 2 bridgehead atoms. The van der Waals surface area contributed by atoms with E-state index in [1.54, 1.807) is 24.3 Å². The smallest absolute Gasteiger partial charge is 0.200 e. The first kappa shape index (κ1) is 26.0. The Morgan fingerprint density at radius 3 is 1.10 bits per heavy atom. The van der Waals surface area contributed by atoms with Gasteiger partial charge in [0.05, 0.1) is 33.1 Å². The number of hydrogen-bond donors (Lipinski definition) is 2. The number of nitrogens with one attached hydrogen (secondary N) is 2. The fourth-order valence-electron chi connectivity index (χ4n) is 5.30. The topological polar surface area (TPSA) is 117 Å². The van der Waals surface area contributed by atoms with E-state index in [9.17, 15) is 16.8 Å². The van der Waals surface area contributed by atoms with Gasteiger partial charge in [-0.15, -0.1) is 0 Å². The quantitative estimate of drug-likeness (QED) is 0.331. The number of nitrogens with zero attached hydrogens (tertiary/aromatic N) is 2. The highest BCUT2D eigenvalue weighted by Gasteiger charge is 2.46. The summed E-state index contributed by atoms with van der Waals surface area (Å²) in [6.45, 7) is 3.75. The molecule has 4 aromatic carbocycles. The van der Waals surface area contributed by atoms with Crippen LogP contribution in [0.4, 0.5) is 0 Å². The van der Waals surface area contributed by atoms with Gasteiger partial charge in [-0.2, -0.15) is 36.7 Å². The Morgan fingerprint density at radius 1 is 0.500 bits per heavy atom. The maximum atomic E-state index is 13.2. The summed E-state index contributed by atoms with van der Waals surface area (Å²) in [5.41, 5.74) is 6.42. The van der Waals surface area contributed by atoms with E-state index in [2.05, 4.69) is 19.9 Å². The van der Waals surface area contributed by atoms with E-state index in [1.807, 2.05) is 62.4 Å². The Kier molecular flexibility index (Phi) is 6.31. The molecule has 0 atom stereocenters. The second kappa shape index (κ2) is 9.72. The van der Waals surface area contributed by atoms with Gasteiger partial charge in [0.2, 0.25) is 0 Å². The van der Waals surface area contributed by atoms with Crippen LogP contribution in [0.5, 0.6) is 0 Å². The van der Waals surface area contributed by atoms with Gasteiger partial charge in [0.25, 0.3) is 20.0 Å². The van der Waals surface area contributed by atoms with E-state index in [-0.39, 0.29) is 9.79 Å². The van der Waals surface area contributed by atoms with Crippen LogP contribution in [-0.2, 0) is 20.0 Å². The molecule has 0 heterocycles. The monoisotopic (exact) mass is 570 g/mol. The van der Waals surface area contributed by atoms with Crippen molar-refractivity contribution in [3.8, 4) is 0 Å².